The summed E-state index contributed by atoms with van der Waals surface area (Å²) in [6, 6.07) is 6.40. The van der Waals surface area contributed by atoms with Crippen LogP contribution in [0.1, 0.15) is 43.5 Å². The van der Waals surface area contributed by atoms with E-state index in [1.807, 2.05) is 6.07 Å². The molecule has 1 aromatic carbocycles. The normalized spacial score (nSPS) is 30.1. The van der Waals surface area contributed by atoms with Gasteiger partial charge in [-0.2, -0.15) is 0 Å². The lowest BCUT2D eigenvalue weighted by Crippen LogP contribution is -2.54. The second kappa shape index (κ2) is 7.86. The van der Waals surface area contributed by atoms with Crippen molar-refractivity contribution in [2.24, 2.45) is 17.8 Å². The van der Waals surface area contributed by atoms with Crippen LogP contribution >= 0.6 is 0 Å². The number of hydrogen-bond acceptors (Lipinski definition) is 6. The van der Waals surface area contributed by atoms with Gasteiger partial charge in [0.25, 0.3) is 0 Å². The Hall–Kier alpha value is -2.54. The number of carbonyl (C=O) groups is 2. The molecule has 5 atom stereocenters. The number of carbonyl (C=O) groups excluding carboxylic acids is 2. The smallest absolute Gasteiger partial charge is 0.312 e. The number of piperidine rings is 1. The van der Waals surface area contributed by atoms with E-state index in [0.717, 1.165) is 50.0 Å². The van der Waals surface area contributed by atoms with Gasteiger partial charge >= 0.3 is 11.9 Å². The second-order valence-electron chi connectivity index (χ2n) is 9.12. The van der Waals surface area contributed by atoms with E-state index in [2.05, 4.69) is 22.0 Å². The quantitative estimate of drug-likeness (QED) is 0.759. The fraction of sp³-hybridized carbons (Fsp3) is 0.583. The van der Waals surface area contributed by atoms with Crippen LogP contribution in [0.4, 0.5) is 0 Å². The van der Waals surface area contributed by atoms with E-state index in [9.17, 15) is 9.59 Å². The predicted molar refractivity (Wildman–Crippen MR) is 115 cm³/mol. The van der Waals surface area contributed by atoms with Crippen molar-refractivity contribution in [1.29, 1.82) is 0 Å². The van der Waals surface area contributed by atoms with Gasteiger partial charge in [0.05, 0.1) is 26.2 Å². The number of aromatic amines is 1. The Balaban J connectivity index is 1.50. The molecule has 5 unspecified atom stereocenters. The van der Waals surface area contributed by atoms with Crippen molar-refractivity contribution in [3.8, 4) is 5.75 Å². The minimum Gasteiger partial charge on any atom is -0.497 e. The minimum atomic E-state index is -0.398. The number of nitrogens with one attached hydrogen (secondary N) is 1. The fourth-order valence-corrected chi connectivity index (χ4v) is 6.28. The third-order valence-electron chi connectivity index (χ3n) is 7.61. The monoisotopic (exact) mass is 426 g/mol. The molecule has 0 amide bonds. The van der Waals surface area contributed by atoms with Crippen LogP contribution in [0, 0.1) is 17.8 Å². The third-order valence-corrected chi connectivity index (χ3v) is 7.61. The van der Waals surface area contributed by atoms with Crippen LogP contribution in [0.3, 0.4) is 0 Å². The molecule has 3 aliphatic rings. The Morgan fingerprint density at radius 3 is 2.77 bits per heavy atom. The van der Waals surface area contributed by atoms with Crippen LogP contribution in [0.25, 0.3) is 10.9 Å². The van der Waals surface area contributed by atoms with Crippen molar-refractivity contribution in [3.05, 3.63) is 29.5 Å². The first-order valence-electron chi connectivity index (χ1n) is 11.2. The summed E-state index contributed by atoms with van der Waals surface area (Å²) in [5.74, 6) is 0.426. The Kier molecular flexibility index (Phi) is 5.16. The average molecular weight is 427 g/mol. The first-order chi connectivity index (χ1) is 15.0. The third kappa shape index (κ3) is 3.39. The van der Waals surface area contributed by atoms with Crippen LogP contribution < -0.4 is 4.74 Å². The van der Waals surface area contributed by atoms with Crippen molar-refractivity contribution < 1.29 is 23.8 Å². The summed E-state index contributed by atoms with van der Waals surface area (Å²) >= 11 is 0. The highest BCUT2D eigenvalue weighted by atomic mass is 16.6. The summed E-state index contributed by atoms with van der Waals surface area (Å²) in [5.41, 5.74) is 3.74. The molecule has 0 bridgehead atoms. The van der Waals surface area contributed by atoms with E-state index >= 15 is 0 Å². The van der Waals surface area contributed by atoms with E-state index in [-0.39, 0.29) is 23.9 Å². The first kappa shape index (κ1) is 20.4. The number of H-pyrrole nitrogens is 1. The number of benzene rings is 1. The number of methoxy groups -OCH3 is 2. The van der Waals surface area contributed by atoms with Crippen LogP contribution in [0.5, 0.6) is 5.75 Å². The van der Waals surface area contributed by atoms with Crippen LogP contribution in [0.15, 0.2) is 18.2 Å². The van der Waals surface area contributed by atoms with Crippen molar-refractivity contribution in [2.45, 2.75) is 44.8 Å². The number of rotatable bonds is 3. The molecular formula is C24H30N2O5. The lowest BCUT2D eigenvalue weighted by atomic mass is 9.64. The highest BCUT2D eigenvalue weighted by molar-refractivity contribution is 5.86. The summed E-state index contributed by atoms with van der Waals surface area (Å²) in [4.78, 5) is 30.7. The Labute approximate surface area is 182 Å². The summed E-state index contributed by atoms with van der Waals surface area (Å²) in [6.45, 7) is 3.39. The Bertz CT molecular complexity index is 1010. The molecule has 7 heteroatoms. The number of nitrogens with zero attached hydrogens (tertiary/aromatic N) is 1. The van der Waals surface area contributed by atoms with Crippen LogP contribution in [-0.4, -0.2) is 55.2 Å². The largest absolute Gasteiger partial charge is 0.497 e. The summed E-state index contributed by atoms with van der Waals surface area (Å²) in [5, 5.41) is 1.22. The first-order valence-corrected chi connectivity index (χ1v) is 11.2. The molecule has 1 aromatic heterocycles. The number of esters is 2. The highest BCUT2D eigenvalue weighted by Crippen LogP contribution is 2.50. The Morgan fingerprint density at radius 1 is 1.19 bits per heavy atom. The molecule has 0 spiro atoms. The maximum absolute atomic E-state index is 12.8. The predicted octanol–water partition coefficient (Wildman–Crippen LogP) is 3.23. The molecule has 166 valence electrons. The van der Waals surface area contributed by atoms with E-state index in [1.54, 1.807) is 7.11 Å². The maximum Gasteiger partial charge on any atom is 0.312 e. The zero-order valence-corrected chi connectivity index (χ0v) is 18.3. The van der Waals surface area contributed by atoms with E-state index in [1.165, 1.54) is 30.7 Å². The van der Waals surface area contributed by atoms with Gasteiger partial charge < -0.3 is 19.2 Å². The lowest BCUT2D eigenvalue weighted by Gasteiger charge is -2.51. The molecule has 1 saturated heterocycles. The number of ether oxygens (including phenoxy) is 3. The number of fused-ring (bicyclic) bond motifs is 6. The molecule has 0 radical (unpaired) electrons. The Morgan fingerprint density at radius 2 is 2.03 bits per heavy atom. The van der Waals surface area contributed by atoms with Crippen molar-refractivity contribution in [1.82, 2.24) is 9.88 Å². The van der Waals surface area contributed by atoms with Crippen LogP contribution in [0.2, 0.25) is 0 Å². The maximum atomic E-state index is 12.8. The summed E-state index contributed by atoms with van der Waals surface area (Å²) in [7, 11) is 3.12. The molecule has 5 rings (SSSR count). The summed E-state index contributed by atoms with van der Waals surface area (Å²) in [6.07, 6.45) is 3.16. The van der Waals surface area contributed by atoms with E-state index < -0.39 is 12.0 Å². The average Bonchev–Trinajstić information content (AvgIpc) is 3.15. The van der Waals surface area contributed by atoms with Crippen molar-refractivity contribution >= 4 is 22.8 Å². The van der Waals surface area contributed by atoms with Crippen molar-refractivity contribution in [2.75, 3.05) is 27.3 Å². The molecular weight excluding hydrogens is 396 g/mol. The number of aromatic nitrogens is 1. The summed E-state index contributed by atoms with van der Waals surface area (Å²) < 4.78 is 16.2. The molecule has 31 heavy (non-hydrogen) atoms. The lowest BCUT2D eigenvalue weighted by molar-refractivity contribution is -0.171. The zero-order chi connectivity index (χ0) is 21.7. The topological polar surface area (TPSA) is 80.9 Å². The van der Waals surface area contributed by atoms with Gasteiger partial charge in [0.15, 0.2) is 0 Å². The molecule has 1 aliphatic carbocycles. The molecule has 1 N–H and O–H groups in total. The van der Waals surface area contributed by atoms with Gasteiger partial charge in [-0.05, 0) is 61.3 Å². The molecule has 2 aliphatic heterocycles. The number of hydrogen-bond donors (Lipinski definition) is 1. The zero-order valence-electron chi connectivity index (χ0n) is 18.3. The van der Waals surface area contributed by atoms with Crippen molar-refractivity contribution in [3.63, 3.8) is 0 Å². The van der Waals surface area contributed by atoms with Gasteiger partial charge in [-0.15, -0.1) is 0 Å². The molecule has 1 saturated carbocycles. The minimum absolute atomic E-state index is 0.138. The van der Waals surface area contributed by atoms with Gasteiger partial charge in [-0.3, -0.25) is 14.5 Å². The molecule has 7 nitrogen and oxygen atoms in total. The molecule has 2 aromatic rings. The van der Waals surface area contributed by atoms with Gasteiger partial charge in [0.2, 0.25) is 0 Å². The van der Waals surface area contributed by atoms with E-state index in [0.29, 0.717) is 5.92 Å². The second-order valence-corrected chi connectivity index (χ2v) is 9.12. The van der Waals surface area contributed by atoms with Gasteiger partial charge in [-0.25, -0.2) is 0 Å². The molecule has 2 fully saturated rings. The standard InChI is InChI=1S/C24H30N2O5/c1-13(27)31-21-7-4-14-12-26-9-8-16-18-10-15(29-2)5-6-19(18)25-23(16)20(26)11-17(14)22(21)24(28)30-3/h5-6,10,14,17,20-22,25H,4,7-9,11-12H2,1-3H3. The van der Waals surface area contributed by atoms with Gasteiger partial charge in [0.1, 0.15) is 11.9 Å². The SMILES string of the molecule is COC(=O)C1C(OC(C)=O)CCC2CN3CCc4c([nH]c5ccc(OC)cc45)C3CC21. The van der Waals surface area contributed by atoms with Gasteiger partial charge in [0, 0.05) is 36.6 Å². The fourth-order valence-electron chi connectivity index (χ4n) is 6.28. The molecule has 3 heterocycles. The van der Waals surface area contributed by atoms with E-state index in [4.69, 9.17) is 14.2 Å². The van der Waals surface area contributed by atoms with Crippen LogP contribution in [-0.2, 0) is 25.5 Å². The highest BCUT2D eigenvalue weighted by Gasteiger charge is 2.51. The van der Waals surface area contributed by atoms with Gasteiger partial charge in [-0.1, -0.05) is 0 Å².